The molecule has 0 radical (unpaired) electrons. The second kappa shape index (κ2) is 4.68. The Labute approximate surface area is 107 Å². The number of hydrogen-bond donors (Lipinski definition) is 0. The lowest BCUT2D eigenvalue weighted by molar-refractivity contribution is 0.512. The SMILES string of the molecule is CC1=CC(C(C)(C)C)=CC=CC(C(C)(C)C)=C1. The molecule has 0 aliphatic heterocycles. The quantitative estimate of drug-likeness (QED) is 0.519. The van der Waals surface area contributed by atoms with Crippen LogP contribution in [0.1, 0.15) is 48.5 Å². The third-order valence-electron chi connectivity index (χ3n) is 3.05. The molecule has 1 aliphatic rings. The van der Waals surface area contributed by atoms with Crippen LogP contribution in [0.25, 0.3) is 0 Å². The van der Waals surface area contributed by atoms with Crippen LogP contribution in [0.3, 0.4) is 0 Å². The van der Waals surface area contributed by atoms with Crippen molar-refractivity contribution in [3.05, 3.63) is 47.1 Å². The van der Waals surface area contributed by atoms with Crippen molar-refractivity contribution in [3.63, 3.8) is 0 Å². The van der Waals surface area contributed by atoms with E-state index in [0.29, 0.717) is 0 Å². The van der Waals surface area contributed by atoms with E-state index in [1.165, 1.54) is 16.7 Å². The van der Waals surface area contributed by atoms with Crippen LogP contribution in [0.4, 0.5) is 0 Å². The molecule has 0 spiro atoms. The first-order valence-corrected chi connectivity index (χ1v) is 6.40. The molecular weight excluding hydrogens is 204 g/mol. The first kappa shape index (κ1) is 14.0. The lowest BCUT2D eigenvalue weighted by atomic mass is 9.81. The molecule has 0 aromatic rings. The molecule has 0 unspecified atom stereocenters. The lowest BCUT2D eigenvalue weighted by Gasteiger charge is -2.24. The summed E-state index contributed by atoms with van der Waals surface area (Å²) in [5, 5.41) is 0. The van der Waals surface area contributed by atoms with Crippen molar-refractivity contribution >= 4 is 0 Å². The van der Waals surface area contributed by atoms with E-state index in [-0.39, 0.29) is 10.8 Å². The number of rotatable bonds is 0. The zero-order valence-corrected chi connectivity index (χ0v) is 12.4. The van der Waals surface area contributed by atoms with E-state index >= 15 is 0 Å². The average molecular weight is 230 g/mol. The van der Waals surface area contributed by atoms with Crippen LogP contribution in [0, 0.1) is 10.8 Å². The largest absolute Gasteiger partial charge is 0.0617 e. The van der Waals surface area contributed by atoms with Gasteiger partial charge in [-0.2, -0.15) is 0 Å². The van der Waals surface area contributed by atoms with Crippen LogP contribution in [0.15, 0.2) is 47.1 Å². The van der Waals surface area contributed by atoms with Gasteiger partial charge in [0.2, 0.25) is 0 Å². The van der Waals surface area contributed by atoms with Crippen molar-refractivity contribution in [1.82, 2.24) is 0 Å². The van der Waals surface area contributed by atoms with Gasteiger partial charge in [0.15, 0.2) is 0 Å². The highest BCUT2D eigenvalue weighted by Crippen LogP contribution is 2.32. The van der Waals surface area contributed by atoms with Gasteiger partial charge in [-0.15, -0.1) is 0 Å². The van der Waals surface area contributed by atoms with E-state index in [1.54, 1.807) is 0 Å². The molecule has 0 aromatic carbocycles. The van der Waals surface area contributed by atoms with Crippen LogP contribution < -0.4 is 0 Å². The zero-order chi connectivity index (χ0) is 13.3. The van der Waals surface area contributed by atoms with Crippen molar-refractivity contribution < 1.29 is 0 Å². The van der Waals surface area contributed by atoms with Crippen LogP contribution in [0.5, 0.6) is 0 Å². The highest BCUT2D eigenvalue weighted by Gasteiger charge is 2.17. The summed E-state index contributed by atoms with van der Waals surface area (Å²) < 4.78 is 0. The molecule has 17 heavy (non-hydrogen) atoms. The average Bonchev–Trinajstić information content (AvgIpc) is 2.06. The maximum absolute atomic E-state index is 2.30. The molecular formula is C17H26. The minimum atomic E-state index is 0.207. The summed E-state index contributed by atoms with van der Waals surface area (Å²) in [7, 11) is 0. The molecule has 1 aliphatic carbocycles. The van der Waals surface area contributed by atoms with Crippen LogP contribution in [-0.4, -0.2) is 0 Å². The Balaban J connectivity index is 3.15. The van der Waals surface area contributed by atoms with Gasteiger partial charge >= 0.3 is 0 Å². The standard InChI is InChI=1S/C17H26/c1-13-11-14(16(2,3)4)9-8-10-15(12-13)17(5,6)7/h8-12H,1-7H3. The molecule has 0 heteroatoms. The fourth-order valence-electron chi connectivity index (χ4n) is 1.82. The van der Waals surface area contributed by atoms with E-state index < -0.39 is 0 Å². The fourth-order valence-corrected chi connectivity index (χ4v) is 1.82. The molecule has 0 fully saturated rings. The molecule has 0 N–H and O–H groups in total. The fraction of sp³-hybridized carbons (Fsp3) is 0.529. The first-order chi connectivity index (χ1) is 7.60. The highest BCUT2D eigenvalue weighted by atomic mass is 14.2. The van der Waals surface area contributed by atoms with Gasteiger partial charge < -0.3 is 0 Å². The molecule has 0 heterocycles. The van der Waals surface area contributed by atoms with Gasteiger partial charge in [0.1, 0.15) is 0 Å². The van der Waals surface area contributed by atoms with E-state index in [1.807, 2.05) is 0 Å². The van der Waals surface area contributed by atoms with E-state index in [4.69, 9.17) is 0 Å². The van der Waals surface area contributed by atoms with Crippen LogP contribution in [-0.2, 0) is 0 Å². The van der Waals surface area contributed by atoms with Crippen molar-refractivity contribution in [2.24, 2.45) is 10.8 Å². The van der Waals surface area contributed by atoms with E-state index in [2.05, 4.69) is 78.8 Å². The van der Waals surface area contributed by atoms with Gasteiger partial charge in [0.25, 0.3) is 0 Å². The summed E-state index contributed by atoms with van der Waals surface area (Å²) in [5.74, 6) is 0. The molecule has 0 atom stereocenters. The number of hydrogen-bond acceptors (Lipinski definition) is 0. The molecule has 0 aromatic heterocycles. The molecule has 1 rings (SSSR count). The van der Waals surface area contributed by atoms with Crippen molar-refractivity contribution in [3.8, 4) is 0 Å². The Morgan fingerprint density at radius 3 is 1.76 bits per heavy atom. The Bertz CT molecular complexity index is 386. The Kier molecular flexibility index (Phi) is 3.86. The summed E-state index contributed by atoms with van der Waals surface area (Å²) in [6.45, 7) is 15.7. The summed E-state index contributed by atoms with van der Waals surface area (Å²) >= 11 is 0. The molecule has 94 valence electrons. The van der Waals surface area contributed by atoms with Gasteiger partial charge in [0, 0.05) is 0 Å². The van der Waals surface area contributed by atoms with Gasteiger partial charge in [-0.3, -0.25) is 0 Å². The normalized spacial score (nSPS) is 17.9. The molecule has 0 nitrogen and oxygen atoms in total. The van der Waals surface area contributed by atoms with Crippen molar-refractivity contribution in [2.45, 2.75) is 48.5 Å². The van der Waals surface area contributed by atoms with Crippen LogP contribution in [0.2, 0.25) is 0 Å². The molecule has 0 saturated carbocycles. The third-order valence-corrected chi connectivity index (χ3v) is 3.05. The van der Waals surface area contributed by atoms with Gasteiger partial charge in [-0.25, -0.2) is 0 Å². The third kappa shape index (κ3) is 4.03. The molecule has 0 saturated heterocycles. The number of allylic oxidation sites excluding steroid dienone is 8. The highest BCUT2D eigenvalue weighted by molar-refractivity contribution is 5.43. The topological polar surface area (TPSA) is 0 Å². The van der Waals surface area contributed by atoms with E-state index in [9.17, 15) is 0 Å². The van der Waals surface area contributed by atoms with Crippen molar-refractivity contribution in [2.75, 3.05) is 0 Å². The molecule has 0 bridgehead atoms. The zero-order valence-electron chi connectivity index (χ0n) is 12.4. The maximum atomic E-state index is 2.30. The van der Waals surface area contributed by atoms with E-state index in [0.717, 1.165) is 0 Å². The van der Waals surface area contributed by atoms with Gasteiger partial charge in [0.05, 0.1) is 0 Å². The molecule has 0 amide bonds. The lowest BCUT2D eigenvalue weighted by Crippen LogP contribution is -2.10. The Hall–Kier alpha value is -1.04. The monoisotopic (exact) mass is 230 g/mol. The van der Waals surface area contributed by atoms with Crippen molar-refractivity contribution in [1.29, 1.82) is 0 Å². The van der Waals surface area contributed by atoms with Crippen LogP contribution >= 0.6 is 0 Å². The summed E-state index contributed by atoms with van der Waals surface area (Å²) in [4.78, 5) is 0. The van der Waals surface area contributed by atoms with Gasteiger partial charge in [-0.05, 0) is 28.9 Å². The first-order valence-electron chi connectivity index (χ1n) is 6.40. The Morgan fingerprint density at radius 2 is 1.29 bits per heavy atom. The summed E-state index contributed by atoms with van der Waals surface area (Å²) in [5.41, 5.74) is 4.52. The second-order valence-corrected chi connectivity index (χ2v) is 6.97. The minimum absolute atomic E-state index is 0.207. The predicted molar refractivity (Wildman–Crippen MR) is 78.0 cm³/mol. The second-order valence-electron chi connectivity index (χ2n) is 6.97. The van der Waals surface area contributed by atoms with Gasteiger partial charge in [-0.1, -0.05) is 77.5 Å². The Morgan fingerprint density at radius 1 is 0.765 bits per heavy atom. The smallest absolute Gasteiger partial charge is 0.0132 e. The maximum Gasteiger partial charge on any atom is -0.0132 e. The summed E-state index contributed by atoms with van der Waals surface area (Å²) in [6.07, 6.45) is 11.3. The minimum Gasteiger partial charge on any atom is -0.0617 e. The summed E-state index contributed by atoms with van der Waals surface area (Å²) in [6, 6.07) is 0. The predicted octanol–water partition coefficient (Wildman–Crippen LogP) is 5.45.